The van der Waals surface area contributed by atoms with Gasteiger partial charge in [0.2, 0.25) is 0 Å². The molecule has 0 saturated heterocycles. The number of rotatable bonds is 1. The average Bonchev–Trinajstić information content (AvgIpc) is 2.67. The van der Waals surface area contributed by atoms with Crippen molar-refractivity contribution >= 4 is 21.7 Å². The Morgan fingerprint density at radius 1 is 1.00 bits per heavy atom. The van der Waals surface area contributed by atoms with Gasteiger partial charge in [0.15, 0.2) is 0 Å². The van der Waals surface area contributed by atoms with E-state index in [-0.39, 0.29) is 11.5 Å². The molecule has 0 spiro atoms. The second-order valence-corrected chi connectivity index (χ2v) is 7.64. The molecule has 3 heteroatoms. The number of phenols is 2. The van der Waals surface area contributed by atoms with Gasteiger partial charge in [-0.15, -0.1) is 0 Å². The van der Waals surface area contributed by atoms with Crippen molar-refractivity contribution in [3.63, 3.8) is 0 Å². The third-order valence-corrected chi connectivity index (χ3v) is 5.74. The molecular weight excluding hydrogens is 334 g/mol. The molecule has 1 unspecified atom stereocenters. The predicted molar refractivity (Wildman–Crippen MR) is 109 cm³/mol. The maximum absolute atomic E-state index is 10.7. The van der Waals surface area contributed by atoms with Gasteiger partial charge in [-0.05, 0) is 59.7 Å². The summed E-state index contributed by atoms with van der Waals surface area (Å²) in [5, 5.41) is 23.8. The second-order valence-electron chi connectivity index (χ2n) is 7.64. The summed E-state index contributed by atoms with van der Waals surface area (Å²) in [6, 6.07) is 17.4. The molecule has 0 saturated carbocycles. The first kappa shape index (κ1) is 16.1. The van der Waals surface area contributed by atoms with Gasteiger partial charge in [-0.25, -0.2) is 0 Å². The Morgan fingerprint density at radius 2 is 1.85 bits per heavy atom. The van der Waals surface area contributed by atoms with Crippen molar-refractivity contribution in [2.24, 2.45) is 5.92 Å². The molecule has 1 aromatic heterocycles. The van der Waals surface area contributed by atoms with Crippen molar-refractivity contribution < 1.29 is 10.2 Å². The minimum atomic E-state index is 0.0710. The number of fused-ring (bicyclic) bond motifs is 4. The molecule has 0 fully saturated rings. The third-order valence-electron chi connectivity index (χ3n) is 5.74. The van der Waals surface area contributed by atoms with Crippen LogP contribution in [0.25, 0.3) is 32.8 Å². The van der Waals surface area contributed by atoms with Gasteiger partial charge < -0.3 is 10.2 Å². The molecule has 1 atom stereocenters. The summed E-state index contributed by atoms with van der Waals surface area (Å²) in [7, 11) is 0. The standard InChI is InChI=1S/C24H21NO2/c1-14-6-10-20-19(12-14)23(18-9-8-16(26)13-22(18)27)24-17-5-3-2-4-15(17)7-11-21(24)25-20/h2-5,7-9,11,13-14,26-27H,6,10,12H2,1H3. The molecule has 134 valence electrons. The number of benzene rings is 3. The Morgan fingerprint density at radius 3 is 2.70 bits per heavy atom. The van der Waals surface area contributed by atoms with Crippen LogP contribution in [0.3, 0.4) is 0 Å². The number of nitrogens with zero attached hydrogens (tertiary/aromatic N) is 1. The fourth-order valence-corrected chi connectivity index (χ4v) is 4.41. The van der Waals surface area contributed by atoms with Gasteiger partial charge in [-0.1, -0.05) is 37.3 Å². The van der Waals surface area contributed by atoms with Crippen LogP contribution >= 0.6 is 0 Å². The fourth-order valence-electron chi connectivity index (χ4n) is 4.41. The monoisotopic (exact) mass is 355 g/mol. The van der Waals surface area contributed by atoms with Crippen LogP contribution in [0.4, 0.5) is 0 Å². The van der Waals surface area contributed by atoms with E-state index in [4.69, 9.17) is 4.98 Å². The van der Waals surface area contributed by atoms with E-state index in [1.54, 1.807) is 6.07 Å². The second kappa shape index (κ2) is 5.98. The normalized spacial score (nSPS) is 16.6. The molecule has 5 rings (SSSR count). The lowest BCUT2D eigenvalue weighted by Gasteiger charge is -2.26. The third kappa shape index (κ3) is 2.54. The maximum atomic E-state index is 10.7. The van der Waals surface area contributed by atoms with Crippen molar-refractivity contribution in [3.8, 4) is 22.6 Å². The summed E-state index contributed by atoms with van der Waals surface area (Å²) in [6.45, 7) is 2.27. The molecule has 2 N–H and O–H groups in total. The van der Waals surface area contributed by atoms with Gasteiger partial charge in [0.05, 0.1) is 5.52 Å². The number of hydrogen-bond donors (Lipinski definition) is 2. The van der Waals surface area contributed by atoms with Gasteiger partial charge in [-0.2, -0.15) is 0 Å². The van der Waals surface area contributed by atoms with Gasteiger partial charge in [0.1, 0.15) is 11.5 Å². The van der Waals surface area contributed by atoms with Gasteiger partial charge in [-0.3, -0.25) is 4.98 Å². The minimum Gasteiger partial charge on any atom is -0.508 e. The van der Waals surface area contributed by atoms with Crippen molar-refractivity contribution in [1.82, 2.24) is 4.98 Å². The Labute approximate surface area is 157 Å². The number of hydrogen-bond acceptors (Lipinski definition) is 3. The van der Waals surface area contributed by atoms with Crippen LogP contribution in [0.15, 0.2) is 54.6 Å². The summed E-state index contributed by atoms with van der Waals surface area (Å²) >= 11 is 0. The lowest BCUT2D eigenvalue weighted by atomic mass is 9.81. The molecule has 4 aromatic rings. The zero-order chi connectivity index (χ0) is 18.5. The van der Waals surface area contributed by atoms with Crippen LogP contribution in [0.2, 0.25) is 0 Å². The van der Waals surface area contributed by atoms with E-state index in [0.29, 0.717) is 5.92 Å². The molecule has 0 bridgehead atoms. The molecule has 0 amide bonds. The largest absolute Gasteiger partial charge is 0.508 e. The van der Waals surface area contributed by atoms with E-state index in [9.17, 15) is 10.2 Å². The smallest absolute Gasteiger partial charge is 0.127 e. The van der Waals surface area contributed by atoms with E-state index in [2.05, 4.69) is 31.2 Å². The highest BCUT2D eigenvalue weighted by Gasteiger charge is 2.25. The highest BCUT2D eigenvalue weighted by atomic mass is 16.3. The number of phenolic OH excluding ortho intramolecular Hbond substituents is 2. The fraction of sp³-hybridized carbons (Fsp3) is 0.208. The lowest BCUT2D eigenvalue weighted by Crippen LogP contribution is -2.14. The van der Waals surface area contributed by atoms with E-state index in [0.717, 1.165) is 57.8 Å². The zero-order valence-corrected chi connectivity index (χ0v) is 15.2. The molecule has 0 radical (unpaired) electrons. The minimum absolute atomic E-state index is 0.0710. The average molecular weight is 355 g/mol. The first-order valence-electron chi connectivity index (χ1n) is 9.47. The molecule has 1 aliphatic carbocycles. The van der Waals surface area contributed by atoms with Crippen LogP contribution in [0.1, 0.15) is 24.6 Å². The van der Waals surface area contributed by atoms with Crippen molar-refractivity contribution in [3.05, 3.63) is 65.9 Å². The lowest BCUT2D eigenvalue weighted by molar-refractivity contribution is 0.451. The first-order valence-corrected chi connectivity index (χ1v) is 9.47. The van der Waals surface area contributed by atoms with Crippen LogP contribution in [-0.2, 0) is 12.8 Å². The molecule has 1 heterocycles. The summed E-state index contributed by atoms with van der Waals surface area (Å²) in [5.74, 6) is 0.766. The quantitative estimate of drug-likeness (QED) is 0.438. The molecule has 1 aliphatic rings. The van der Waals surface area contributed by atoms with Gasteiger partial charge in [0.25, 0.3) is 0 Å². The Bertz CT molecular complexity index is 1200. The molecular formula is C24H21NO2. The summed E-state index contributed by atoms with van der Waals surface area (Å²) in [4.78, 5) is 5.00. The molecule has 3 aromatic carbocycles. The van der Waals surface area contributed by atoms with Crippen LogP contribution in [0, 0.1) is 5.92 Å². The van der Waals surface area contributed by atoms with Crippen LogP contribution in [-0.4, -0.2) is 15.2 Å². The number of aromatic hydroxyl groups is 2. The number of pyridine rings is 1. The zero-order valence-electron chi connectivity index (χ0n) is 15.2. The summed E-state index contributed by atoms with van der Waals surface area (Å²) < 4.78 is 0. The van der Waals surface area contributed by atoms with Gasteiger partial charge >= 0.3 is 0 Å². The first-order chi connectivity index (χ1) is 13.1. The number of aromatic nitrogens is 1. The van der Waals surface area contributed by atoms with E-state index >= 15 is 0 Å². The van der Waals surface area contributed by atoms with Crippen molar-refractivity contribution in [2.45, 2.75) is 26.2 Å². The van der Waals surface area contributed by atoms with E-state index < -0.39 is 0 Å². The molecule has 3 nitrogen and oxygen atoms in total. The highest BCUT2D eigenvalue weighted by Crippen LogP contribution is 2.44. The highest BCUT2D eigenvalue weighted by molar-refractivity contribution is 6.14. The molecule has 0 aliphatic heterocycles. The SMILES string of the molecule is CC1CCc2nc3ccc4ccccc4c3c(-c3ccc(O)cc3O)c2C1. The predicted octanol–water partition coefficient (Wildman–Crippen LogP) is 5.59. The topological polar surface area (TPSA) is 53.4 Å². The van der Waals surface area contributed by atoms with Crippen LogP contribution in [0.5, 0.6) is 11.5 Å². The van der Waals surface area contributed by atoms with Gasteiger partial charge in [0, 0.05) is 28.3 Å². The Balaban J connectivity index is 1.98. The Hall–Kier alpha value is -3.07. The summed E-state index contributed by atoms with van der Waals surface area (Å²) in [6.07, 6.45) is 3.06. The Kier molecular flexibility index (Phi) is 3.57. The van der Waals surface area contributed by atoms with Crippen LogP contribution < -0.4 is 0 Å². The van der Waals surface area contributed by atoms with Crippen molar-refractivity contribution in [1.29, 1.82) is 0 Å². The maximum Gasteiger partial charge on any atom is 0.127 e. The van der Waals surface area contributed by atoms with E-state index in [1.165, 1.54) is 11.6 Å². The molecule has 27 heavy (non-hydrogen) atoms. The van der Waals surface area contributed by atoms with Crippen molar-refractivity contribution in [2.75, 3.05) is 0 Å². The summed E-state index contributed by atoms with van der Waals surface area (Å²) in [5.41, 5.74) is 5.17. The van der Waals surface area contributed by atoms with E-state index in [1.807, 2.05) is 18.2 Å². The number of aryl methyl sites for hydroxylation is 1.